The van der Waals surface area contributed by atoms with Gasteiger partial charge in [0.25, 0.3) is 5.91 Å². The maximum absolute atomic E-state index is 13.9. The van der Waals surface area contributed by atoms with Gasteiger partial charge in [-0.25, -0.2) is 4.68 Å². The minimum atomic E-state index is -0.514. The Morgan fingerprint density at radius 2 is 1.90 bits per heavy atom. The zero-order chi connectivity index (χ0) is 28.4. The van der Waals surface area contributed by atoms with Crippen LogP contribution >= 0.6 is 23.4 Å². The number of rotatable bonds is 8. The third-order valence-corrected chi connectivity index (χ3v) is 7.82. The molecule has 0 bridgehead atoms. The molecule has 0 aliphatic carbocycles. The van der Waals surface area contributed by atoms with Crippen LogP contribution in [0.5, 0.6) is 5.75 Å². The Morgan fingerprint density at radius 1 is 1.10 bits per heavy atom. The van der Waals surface area contributed by atoms with E-state index >= 15 is 0 Å². The van der Waals surface area contributed by atoms with Crippen LogP contribution in [0.15, 0.2) is 83.2 Å². The number of hydrogen-bond donors (Lipinski definition) is 2. The number of allylic oxidation sites excluding steroid dienone is 1. The van der Waals surface area contributed by atoms with Crippen molar-refractivity contribution in [2.24, 2.45) is 0 Å². The van der Waals surface area contributed by atoms with Crippen LogP contribution < -0.4 is 15.4 Å². The lowest BCUT2D eigenvalue weighted by Crippen LogP contribution is -2.31. The average Bonchev–Trinajstić information content (AvgIpc) is 3.31. The normalized spacial score (nSPS) is 14.6. The third kappa shape index (κ3) is 6.03. The monoisotopic (exact) mass is 573 g/mol. The van der Waals surface area contributed by atoms with E-state index in [9.17, 15) is 4.79 Å². The minimum Gasteiger partial charge on any atom is -0.491 e. The van der Waals surface area contributed by atoms with Crippen molar-refractivity contribution in [3.05, 3.63) is 105 Å². The van der Waals surface area contributed by atoms with Crippen LogP contribution in [-0.4, -0.2) is 26.8 Å². The summed E-state index contributed by atoms with van der Waals surface area (Å²) in [5, 5.41) is 12.6. The number of hydrogen-bond acceptors (Lipinski definition) is 6. The molecule has 0 fully saturated rings. The second-order valence-corrected chi connectivity index (χ2v) is 11.5. The highest BCUT2D eigenvalue weighted by atomic mass is 35.5. The Morgan fingerprint density at radius 3 is 2.65 bits per heavy atom. The zero-order valence-electron chi connectivity index (χ0n) is 23.2. The molecular formula is C31H32ClN5O2S. The van der Waals surface area contributed by atoms with Crippen molar-refractivity contribution >= 4 is 40.9 Å². The van der Waals surface area contributed by atoms with Crippen LogP contribution in [0.3, 0.4) is 0 Å². The number of fused-ring (bicyclic) bond motifs is 1. The maximum Gasteiger partial charge on any atom is 0.255 e. The lowest BCUT2D eigenvalue weighted by molar-refractivity contribution is -0.113. The fourth-order valence-electron chi connectivity index (χ4n) is 4.73. The van der Waals surface area contributed by atoms with Crippen molar-refractivity contribution in [1.82, 2.24) is 14.8 Å². The summed E-state index contributed by atoms with van der Waals surface area (Å²) < 4.78 is 7.77. The second-order valence-electron chi connectivity index (χ2n) is 10.1. The number of carbonyl (C=O) groups is 1. The summed E-state index contributed by atoms with van der Waals surface area (Å²) in [7, 11) is 0. The molecule has 0 saturated heterocycles. The lowest BCUT2D eigenvalue weighted by Gasteiger charge is -2.29. The smallest absolute Gasteiger partial charge is 0.255 e. The minimum absolute atomic E-state index is 0.0163. The zero-order valence-corrected chi connectivity index (χ0v) is 24.7. The van der Waals surface area contributed by atoms with Crippen molar-refractivity contribution < 1.29 is 9.53 Å². The van der Waals surface area contributed by atoms with Crippen LogP contribution in [0, 0.1) is 13.8 Å². The number of ether oxygens (including phenoxy) is 1. The van der Waals surface area contributed by atoms with Gasteiger partial charge in [-0.15, -0.1) is 5.10 Å². The first-order valence-electron chi connectivity index (χ1n) is 13.2. The van der Waals surface area contributed by atoms with Crippen molar-refractivity contribution in [3.8, 4) is 5.75 Å². The average molecular weight is 574 g/mol. The highest BCUT2D eigenvalue weighted by Crippen LogP contribution is 2.38. The van der Waals surface area contributed by atoms with Crippen molar-refractivity contribution in [3.63, 3.8) is 0 Å². The van der Waals surface area contributed by atoms with Crippen molar-refractivity contribution in [1.29, 1.82) is 0 Å². The Kier molecular flexibility index (Phi) is 8.19. The predicted octanol–water partition coefficient (Wildman–Crippen LogP) is 7.56. The summed E-state index contributed by atoms with van der Waals surface area (Å²) >= 11 is 7.87. The Bertz CT molecular complexity index is 1600. The van der Waals surface area contributed by atoms with Crippen LogP contribution in [0.2, 0.25) is 5.02 Å². The fourth-order valence-corrected chi connectivity index (χ4v) is 5.84. The number of aryl methyl sites for hydroxylation is 2. The van der Waals surface area contributed by atoms with E-state index in [1.54, 1.807) is 4.68 Å². The highest BCUT2D eigenvalue weighted by molar-refractivity contribution is 7.98. The number of amides is 1. The summed E-state index contributed by atoms with van der Waals surface area (Å²) in [5.74, 6) is 1.72. The van der Waals surface area contributed by atoms with Gasteiger partial charge < -0.3 is 15.4 Å². The number of halogens is 1. The molecule has 4 aromatic rings. The number of anilines is 2. The number of aromatic nitrogens is 3. The van der Waals surface area contributed by atoms with Crippen LogP contribution in [0.1, 0.15) is 49.1 Å². The number of carbonyl (C=O) groups excluding carboxylic acids is 1. The van der Waals surface area contributed by atoms with E-state index < -0.39 is 6.04 Å². The van der Waals surface area contributed by atoms with E-state index in [4.69, 9.17) is 26.4 Å². The van der Waals surface area contributed by atoms with E-state index in [1.165, 1.54) is 11.8 Å². The second kappa shape index (κ2) is 11.8. The van der Waals surface area contributed by atoms with Crippen molar-refractivity contribution in [2.75, 3.05) is 10.6 Å². The molecule has 2 heterocycles. The quantitative estimate of drug-likeness (QED) is 0.212. The molecule has 7 nitrogen and oxygen atoms in total. The van der Waals surface area contributed by atoms with Gasteiger partial charge in [-0.05, 0) is 75.6 Å². The first-order valence-corrected chi connectivity index (χ1v) is 14.5. The van der Waals surface area contributed by atoms with E-state index in [2.05, 4.69) is 16.7 Å². The molecule has 1 amide bonds. The molecule has 1 unspecified atom stereocenters. The summed E-state index contributed by atoms with van der Waals surface area (Å²) in [6.45, 7) is 9.90. The summed E-state index contributed by atoms with van der Waals surface area (Å²) in [5.41, 5.74) is 6.06. The molecule has 0 spiro atoms. The molecule has 1 aliphatic heterocycles. The molecule has 9 heteroatoms. The predicted molar refractivity (Wildman–Crippen MR) is 162 cm³/mol. The molecular weight excluding hydrogens is 542 g/mol. The van der Waals surface area contributed by atoms with E-state index in [0.717, 1.165) is 33.7 Å². The number of benzene rings is 3. The highest BCUT2D eigenvalue weighted by Gasteiger charge is 2.35. The molecule has 1 atom stereocenters. The van der Waals surface area contributed by atoms with Gasteiger partial charge in [0.1, 0.15) is 11.8 Å². The van der Waals surface area contributed by atoms with Gasteiger partial charge >= 0.3 is 0 Å². The Balaban J connectivity index is 1.52. The summed E-state index contributed by atoms with van der Waals surface area (Å²) in [4.78, 5) is 18.7. The van der Waals surface area contributed by atoms with Crippen LogP contribution in [0.25, 0.3) is 0 Å². The Hall–Kier alpha value is -3.75. The number of thioether (sulfide) groups is 1. The first-order chi connectivity index (χ1) is 19.2. The molecule has 206 valence electrons. The summed E-state index contributed by atoms with van der Waals surface area (Å²) in [6.07, 6.45) is 0.0163. The SMILES string of the molecule is CC1=C(C(=O)Nc2ccc(C)cc2C)C(c2cccc(OC(C)C)c2)n2nc(SCc3ccccc3Cl)nc2N1. The van der Waals surface area contributed by atoms with Gasteiger partial charge in [0, 0.05) is 22.2 Å². The van der Waals surface area contributed by atoms with E-state index in [1.807, 2.05) is 95.3 Å². The topological polar surface area (TPSA) is 81.1 Å². The molecule has 3 aromatic carbocycles. The number of nitrogens with zero attached hydrogens (tertiary/aromatic N) is 3. The standard InChI is InChI=1S/C31H32ClN5O2S/c1-18(2)39-24-11-8-10-22(16-24)28-27(29(38)34-26-14-13-19(3)15-20(26)4)21(5)33-30-35-31(36-37(28)30)40-17-23-9-6-7-12-25(23)32/h6-16,18,28H,17H2,1-5H3,(H,34,38)(H,33,35,36). The van der Waals surface area contributed by atoms with Gasteiger partial charge in [-0.3, -0.25) is 4.79 Å². The number of nitrogens with one attached hydrogen (secondary N) is 2. The molecule has 5 rings (SSSR count). The summed E-state index contributed by atoms with van der Waals surface area (Å²) in [6, 6.07) is 21.0. The Labute approximate surface area is 244 Å². The third-order valence-electron chi connectivity index (χ3n) is 6.57. The van der Waals surface area contributed by atoms with Crippen molar-refractivity contribution in [2.45, 2.75) is 57.7 Å². The molecule has 1 aliphatic rings. The molecule has 0 radical (unpaired) electrons. The van der Waals surface area contributed by atoms with Gasteiger partial charge in [0.15, 0.2) is 0 Å². The lowest BCUT2D eigenvalue weighted by atomic mass is 9.94. The fraction of sp³-hybridized carbons (Fsp3) is 0.258. The molecule has 40 heavy (non-hydrogen) atoms. The van der Waals surface area contributed by atoms with Gasteiger partial charge in [-0.2, -0.15) is 4.98 Å². The van der Waals surface area contributed by atoms with E-state index in [0.29, 0.717) is 33.2 Å². The van der Waals surface area contributed by atoms with Crippen LogP contribution in [-0.2, 0) is 10.5 Å². The molecule has 1 aromatic heterocycles. The van der Waals surface area contributed by atoms with Gasteiger partial charge in [0.2, 0.25) is 11.1 Å². The molecule has 2 N–H and O–H groups in total. The molecule has 0 saturated carbocycles. The largest absolute Gasteiger partial charge is 0.491 e. The maximum atomic E-state index is 13.9. The first kappa shape index (κ1) is 27.8. The van der Waals surface area contributed by atoms with Gasteiger partial charge in [0.05, 0.1) is 11.7 Å². The van der Waals surface area contributed by atoms with Gasteiger partial charge in [-0.1, -0.05) is 71.4 Å². The van der Waals surface area contributed by atoms with Crippen LogP contribution in [0.4, 0.5) is 11.6 Å². The van der Waals surface area contributed by atoms with E-state index in [-0.39, 0.29) is 12.0 Å².